The Kier molecular flexibility index (Phi) is 1.51. The predicted molar refractivity (Wildman–Crippen MR) is 29.2 cm³/mol. The van der Waals surface area contributed by atoms with Gasteiger partial charge in [-0.3, -0.25) is 0 Å². The standard InChI is InChI=1S/C6H9FO/c7-5-3-1-2-4-6(5)8/h8H,1-4H2. The van der Waals surface area contributed by atoms with Crippen molar-refractivity contribution in [1.82, 2.24) is 0 Å². The maximum absolute atomic E-state index is 12.2. The maximum atomic E-state index is 12.2. The second kappa shape index (κ2) is 2.16. The molecule has 0 atom stereocenters. The van der Waals surface area contributed by atoms with E-state index in [1.54, 1.807) is 0 Å². The average molecular weight is 116 g/mol. The molecule has 0 aliphatic heterocycles. The molecule has 8 heavy (non-hydrogen) atoms. The van der Waals surface area contributed by atoms with E-state index >= 15 is 0 Å². The fourth-order valence-electron chi connectivity index (χ4n) is 0.853. The van der Waals surface area contributed by atoms with Crippen LogP contribution in [0.2, 0.25) is 0 Å². The third kappa shape index (κ3) is 0.997. The smallest absolute Gasteiger partial charge is 0.137 e. The van der Waals surface area contributed by atoms with E-state index in [0.29, 0.717) is 12.8 Å². The Hall–Kier alpha value is -0.530. The minimum absolute atomic E-state index is 0.0312. The van der Waals surface area contributed by atoms with Gasteiger partial charge in [0.2, 0.25) is 0 Å². The molecule has 0 unspecified atom stereocenters. The van der Waals surface area contributed by atoms with Gasteiger partial charge in [-0.15, -0.1) is 0 Å². The van der Waals surface area contributed by atoms with Gasteiger partial charge in [0, 0.05) is 12.8 Å². The molecule has 1 aliphatic rings. The van der Waals surface area contributed by atoms with Crippen LogP contribution in [0.25, 0.3) is 0 Å². The molecule has 1 N–H and O–H groups in total. The normalized spacial score (nSPS) is 21.6. The summed E-state index contributed by atoms with van der Waals surface area (Å²) in [7, 11) is 0. The number of aliphatic hydroxyl groups excluding tert-OH is 1. The molecular weight excluding hydrogens is 107 g/mol. The van der Waals surface area contributed by atoms with Crippen molar-refractivity contribution in [2.45, 2.75) is 25.7 Å². The zero-order chi connectivity index (χ0) is 5.98. The Bertz CT molecular complexity index is 104. The molecule has 0 radical (unpaired) electrons. The number of halogens is 1. The van der Waals surface area contributed by atoms with Crippen molar-refractivity contribution < 1.29 is 9.50 Å². The molecule has 1 nitrogen and oxygen atoms in total. The van der Waals surface area contributed by atoms with Crippen LogP contribution < -0.4 is 0 Å². The van der Waals surface area contributed by atoms with E-state index in [1.165, 1.54) is 0 Å². The second-order valence-corrected chi connectivity index (χ2v) is 2.06. The van der Waals surface area contributed by atoms with Crippen LogP contribution in [0, 0.1) is 0 Å². The van der Waals surface area contributed by atoms with Gasteiger partial charge in [-0.1, -0.05) is 0 Å². The lowest BCUT2D eigenvalue weighted by Gasteiger charge is -2.07. The number of hydrogen-bond acceptors (Lipinski definition) is 1. The van der Waals surface area contributed by atoms with Crippen molar-refractivity contribution in [3.05, 3.63) is 11.6 Å². The summed E-state index contributed by atoms with van der Waals surface area (Å²) in [5.41, 5.74) is 0. The zero-order valence-corrected chi connectivity index (χ0v) is 4.65. The highest BCUT2D eigenvalue weighted by Gasteiger charge is 2.09. The molecule has 0 amide bonds. The minimum atomic E-state index is -0.309. The first-order chi connectivity index (χ1) is 3.80. The number of rotatable bonds is 0. The van der Waals surface area contributed by atoms with Crippen molar-refractivity contribution in [1.29, 1.82) is 0 Å². The van der Waals surface area contributed by atoms with Crippen LogP contribution in [0.4, 0.5) is 4.39 Å². The quantitative estimate of drug-likeness (QED) is 0.514. The molecule has 0 saturated heterocycles. The summed E-state index contributed by atoms with van der Waals surface area (Å²) in [5, 5.41) is 8.68. The van der Waals surface area contributed by atoms with E-state index in [9.17, 15) is 4.39 Å². The molecule has 0 aromatic heterocycles. The molecule has 0 saturated carbocycles. The molecule has 46 valence electrons. The Morgan fingerprint density at radius 3 is 2.25 bits per heavy atom. The lowest BCUT2D eigenvalue weighted by atomic mass is 10.1. The molecule has 0 spiro atoms. The monoisotopic (exact) mass is 116 g/mol. The van der Waals surface area contributed by atoms with Crippen LogP contribution in [-0.4, -0.2) is 5.11 Å². The summed E-state index contributed by atoms with van der Waals surface area (Å²) >= 11 is 0. The van der Waals surface area contributed by atoms with Gasteiger partial charge < -0.3 is 5.11 Å². The molecular formula is C6H9FO. The largest absolute Gasteiger partial charge is 0.510 e. The van der Waals surface area contributed by atoms with E-state index in [0.717, 1.165) is 12.8 Å². The van der Waals surface area contributed by atoms with E-state index < -0.39 is 0 Å². The van der Waals surface area contributed by atoms with Gasteiger partial charge in [-0.25, -0.2) is 4.39 Å². The lowest BCUT2D eigenvalue weighted by Crippen LogP contribution is -1.94. The lowest BCUT2D eigenvalue weighted by molar-refractivity contribution is 0.327. The van der Waals surface area contributed by atoms with Crippen molar-refractivity contribution in [2.75, 3.05) is 0 Å². The number of aliphatic hydroxyl groups is 1. The minimum Gasteiger partial charge on any atom is -0.510 e. The first kappa shape index (κ1) is 5.60. The van der Waals surface area contributed by atoms with Crippen LogP contribution >= 0.6 is 0 Å². The van der Waals surface area contributed by atoms with E-state index in [2.05, 4.69) is 0 Å². The summed E-state index contributed by atoms with van der Waals surface area (Å²) in [5.74, 6) is -0.340. The van der Waals surface area contributed by atoms with Crippen LogP contribution in [-0.2, 0) is 0 Å². The van der Waals surface area contributed by atoms with E-state index in [4.69, 9.17) is 5.11 Å². The Morgan fingerprint density at radius 2 is 1.88 bits per heavy atom. The third-order valence-corrected chi connectivity index (χ3v) is 1.37. The second-order valence-electron chi connectivity index (χ2n) is 2.06. The van der Waals surface area contributed by atoms with Crippen molar-refractivity contribution in [3.63, 3.8) is 0 Å². The maximum Gasteiger partial charge on any atom is 0.137 e. The Balaban J connectivity index is 2.60. The van der Waals surface area contributed by atoms with E-state index in [1.807, 2.05) is 0 Å². The predicted octanol–water partition coefficient (Wildman–Crippen LogP) is 2.30. The molecule has 0 bridgehead atoms. The molecule has 0 aromatic rings. The van der Waals surface area contributed by atoms with Crippen LogP contribution in [0.3, 0.4) is 0 Å². The van der Waals surface area contributed by atoms with Gasteiger partial charge >= 0.3 is 0 Å². The van der Waals surface area contributed by atoms with Crippen LogP contribution in [0.15, 0.2) is 11.6 Å². The van der Waals surface area contributed by atoms with Crippen molar-refractivity contribution >= 4 is 0 Å². The molecule has 0 fully saturated rings. The van der Waals surface area contributed by atoms with Crippen LogP contribution in [0.1, 0.15) is 25.7 Å². The van der Waals surface area contributed by atoms with Crippen molar-refractivity contribution in [3.8, 4) is 0 Å². The molecule has 2 heteroatoms. The summed E-state index contributed by atoms with van der Waals surface area (Å²) in [6.45, 7) is 0. The Morgan fingerprint density at radius 1 is 1.25 bits per heavy atom. The SMILES string of the molecule is OC1=C(F)CCCC1. The van der Waals surface area contributed by atoms with Gasteiger partial charge in [0.05, 0.1) is 0 Å². The van der Waals surface area contributed by atoms with Crippen LogP contribution in [0.5, 0.6) is 0 Å². The highest BCUT2D eigenvalue weighted by molar-refractivity contribution is 5.01. The van der Waals surface area contributed by atoms with Gasteiger partial charge in [0.1, 0.15) is 11.6 Å². The first-order valence-corrected chi connectivity index (χ1v) is 2.87. The Labute approximate surface area is 47.8 Å². The fraction of sp³-hybridized carbons (Fsp3) is 0.667. The van der Waals surface area contributed by atoms with Gasteiger partial charge in [0.15, 0.2) is 0 Å². The fourth-order valence-corrected chi connectivity index (χ4v) is 0.853. The summed E-state index contributed by atoms with van der Waals surface area (Å²) < 4.78 is 12.2. The van der Waals surface area contributed by atoms with E-state index in [-0.39, 0.29) is 11.6 Å². The highest BCUT2D eigenvalue weighted by Crippen LogP contribution is 2.22. The summed E-state index contributed by atoms with van der Waals surface area (Å²) in [4.78, 5) is 0. The van der Waals surface area contributed by atoms with Gasteiger partial charge in [0.25, 0.3) is 0 Å². The third-order valence-electron chi connectivity index (χ3n) is 1.37. The zero-order valence-electron chi connectivity index (χ0n) is 4.65. The number of allylic oxidation sites excluding steroid dienone is 2. The molecule has 0 aromatic carbocycles. The first-order valence-electron chi connectivity index (χ1n) is 2.87. The molecule has 1 rings (SSSR count). The topological polar surface area (TPSA) is 20.2 Å². The average Bonchev–Trinajstić information content (AvgIpc) is 1.77. The summed E-state index contributed by atoms with van der Waals surface area (Å²) in [6, 6.07) is 0. The van der Waals surface area contributed by atoms with Crippen molar-refractivity contribution in [2.24, 2.45) is 0 Å². The molecule has 0 heterocycles. The number of hydrogen-bond donors (Lipinski definition) is 1. The summed E-state index contributed by atoms with van der Waals surface area (Å²) in [6.07, 6.45) is 2.78. The van der Waals surface area contributed by atoms with Gasteiger partial charge in [-0.2, -0.15) is 0 Å². The van der Waals surface area contributed by atoms with Gasteiger partial charge in [-0.05, 0) is 12.8 Å². The molecule has 1 aliphatic carbocycles. The highest BCUT2D eigenvalue weighted by atomic mass is 19.1.